The molecule has 5 nitrogen and oxygen atoms in total. The second-order valence-electron chi connectivity index (χ2n) is 5.98. The third-order valence-electron chi connectivity index (χ3n) is 4.14. The summed E-state index contributed by atoms with van der Waals surface area (Å²) in [5.74, 6) is -1.54. The Hall–Kier alpha value is -2.99. The van der Waals surface area contributed by atoms with E-state index in [4.69, 9.17) is 10.8 Å². The number of aromatic nitrogens is 1. The Morgan fingerprint density at radius 2 is 1.52 bits per heavy atom. The molecule has 0 aliphatic rings. The number of aromatic carboxylic acids is 1. The Balaban J connectivity index is 0.000000255. The van der Waals surface area contributed by atoms with Crippen molar-refractivity contribution in [2.24, 2.45) is 0 Å². The van der Waals surface area contributed by atoms with Crippen molar-refractivity contribution in [3.05, 3.63) is 108 Å². The van der Waals surface area contributed by atoms with Crippen LogP contribution in [0.4, 0.5) is 0 Å². The van der Waals surface area contributed by atoms with Gasteiger partial charge in [-0.2, -0.15) is 0 Å². The summed E-state index contributed by atoms with van der Waals surface area (Å²) in [4.78, 5) is 25.5. The number of amides is 1. The maximum absolute atomic E-state index is 11.1. The fourth-order valence-corrected chi connectivity index (χ4v) is 2.78. The van der Waals surface area contributed by atoms with Crippen LogP contribution in [-0.4, -0.2) is 22.0 Å². The van der Waals surface area contributed by atoms with Gasteiger partial charge in [0.15, 0.2) is 0 Å². The molecule has 0 fully saturated rings. The average Bonchev–Trinajstić information content (AvgIpc) is 2.74. The molecule has 1 aromatic heterocycles. The zero-order valence-electron chi connectivity index (χ0n) is 15.9. The molecule has 0 aliphatic heterocycles. The molecule has 0 atom stereocenters. The molecular formula is C23H17N2NaO3. The van der Waals surface area contributed by atoms with E-state index in [1.54, 1.807) is 54.7 Å². The van der Waals surface area contributed by atoms with Gasteiger partial charge in [-0.05, 0) is 46.3 Å². The van der Waals surface area contributed by atoms with Crippen LogP contribution in [0.3, 0.4) is 0 Å². The number of nitrogens with one attached hydrogen (secondary N) is 1. The number of carbonyl (C=O) groups excluding carboxylic acids is 1. The van der Waals surface area contributed by atoms with E-state index in [0.717, 1.165) is 21.9 Å². The number of carbonyl (C=O) groups is 2. The number of carboxylic acid groups (broad SMARTS) is 1. The van der Waals surface area contributed by atoms with Crippen molar-refractivity contribution in [3.8, 4) is 11.1 Å². The van der Waals surface area contributed by atoms with Crippen LogP contribution in [0, 0.1) is 0 Å². The molecule has 1 heterocycles. The minimum atomic E-state index is -0.879. The van der Waals surface area contributed by atoms with E-state index in [1.165, 1.54) is 0 Å². The molecule has 0 spiro atoms. The summed E-state index contributed by atoms with van der Waals surface area (Å²) in [6, 6.07) is 23.4. The number of carboxylic acids is 1. The van der Waals surface area contributed by atoms with Crippen LogP contribution in [0.5, 0.6) is 0 Å². The van der Waals surface area contributed by atoms with E-state index >= 15 is 0 Å². The van der Waals surface area contributed by atoms with Gasteiger partial charge < -0.3 is 15.6 Å². The van der Waals surface area contributed by atoms with Crippen LogP contribution in [0.2, 0.25) is 0 Å². The van der Waals surface area contributed by atoms with Gasteiger partial charge in [-0.25, -0.2) is 4.79 Å². The predicted molar refractivity (Wildman–Crippen MR) is 109 cm³/mol. The fourth-order valence-electron chi connectivity index (χ4n) is 2.78. The van der Waals surface area contributed by atoms with Crippen LogP contribution in [-0.2, 0) is 0 Å². The van der Waals surface area contributed by atoms with Crippen LogP contribution < -0.4 is 29.6 Å². The largest absolute Gasteiger partial charge is 1.00 e. The van der Waals surface area contributed by atoms with E-state index in [9.17, 15) is 9.59 Å². The molecule has 2 N–H and O–H groups in total. The Bertz CT molecular complexity index is 1130. The smallest absolute Gasteiger partial charge is 0.664 e. The van der Waals surface area contributed by atoms with Gasteiger partial charge in [-0.3, -0.25) is 4.98 Å². The van der Waals surface area contributed by atoms with Gasteiger partial charge >= 0.3 is 35.5 Å². The van der Waals surface area contributed by atoms with Gasteiger partial charge in [0.05, 0.1) is 11.5 Å². The number of hydrogen-bond donors (Lipinski definition) is 1. The first-order chi connectivity index (χ1) is 13.6. The molecule has 0 bridgehead atoms. The first kappa shape index (κ1) is 22.3. The number of hydrogen-bond acceptors (Lipinski definition) is 3. The summed E-state index contributed by atoms with van der Waals surface area (Å²) in [5.41, 5.74) is 9.91. The van der Waals surface area contributed by atoms with E-state index in [2.05, 4.69) is 4.98 Å². The molecule has 0 unspecified atom stereocenters. The molecular weight excluding hydrogens is 375 g/mol. The zero-order chi connectivity index (χ0) is 19.9. The van der Waals surface area contributed by atoms with E-state index in [0.29, 0.717) is 11.1 Å². The van der Waals surface area contributed by atoms with Crippen molar-refractivity contribution in [1.82, 2.24) is 4.98 Å². The second-order valence-corrected chi connectivity index (χ2v) is 5.98. The molecule has 3 aromatic carbocycles. The maximum atomic E-state index is 11.1. The van der Waals surface area contributed by atoms with Crippen LogP contribution in [0.1, 0.15) is 20.7 Å². The number of rotatable bonds is 3. The third-order valence-corrected chi connectivity index (χ3v) is 4.14. The van der Waals surface area contributed by atoms with E-state index in [-0.39, 0.29) is 29.6 Å². The topological polar surface area (TPSA) is 91.1 Å². The van der Waals surface area contributed by atoms with Gasteiger partial charge in [-0.15, -0.1) is 0 Å². The monoisotopic (exact) mass is 392 g/mol. The van der Waals surface area contributed by atoms with Gasteiger partial charge in [0.2, 0.25) is 0 Å². The summed E-state index contributed by atoms with van der Waals surface area (Å²) in [6.45, 7) is 0. The minimum absolute atomic E-state index is 0. The van der Waals surface area contributed by atoms with Crippen molar-refractivity contribution in [1.29, 1.82) is 0 Å². The normalized spacial score (nSPS) is 9.66. The van der Waals surface area contributed by atoms with E-state index in [1.807, 2.05) is 36.5 Å². The van der Waals surface area contributed by atoms with Crippen molar-refractivity contribution in [2.45, 2.75) is 0 Å². The van der Waals surface area contributed by atoms with Crippen LogP contribution in [0.25, 0.3) is 27.6 Å². The van der Waals surface area contributed by atoms with Gasteiger partial charge in [-0.1, -0.05) is 54.6 Å². The number of nitrogens with zero attached hydrogens (tertiary/aromatic N) is 1. The zero-order valence-corrected chi connectivity index (χ0v) is 17.9. The number of pyridine rings is 1. The van der Waals surface area contributed by atoms with Crippen LogP contribution in [0.15, 0.2) is 91.3 Å². The molecule has 6 heteroatoms. The van der Waals surface area contributed by atoms with E-state index < -0.39 is 11.9 Å². The summed E-state index contributed by atoms with van der Waals surface area (Å²) in [6.07, 6.45) is 3.57. The fraction of sp³-hybridized carbons (Fsp3) is 0. The number of benzene rings is 3. The summed E-state index contributed by atoms with van der Waals surface area (Å²) in [5, 5.41) is 10.5. The number of fused-ring (bicyclic) bond motifs is 1. The van der Waals surface area contributed by atoms with Crippen molar-refractivity contribution in [3.63, 3.8) is 0 Å². The molecule has 0 saturated heterocycles. The molecule has 0 radical (unpaired) electrons. The van der Waals surface area contributed by atoms with Crippen molar-refractivity contribution in [2.75, 3.05) is 0 Å². The first-order valence-corrected chi connectivity index (χ1v) is 8.54. The standard InChI is InChI=1S/C16H12N2O.C7H6O2.Na/c17-16(19)12-4-1-3-11(9-12)14-6-2-5-13-10-18-8-7-15(13)14;8-7(9)6-4-2-1-3-5-6;/h1-10H,(H2,17,19);1-5H,(H,8,9);/q;;+1/p-1. The molecule has 29 heavy (non-hydrogen) atoms. The SMILES string of the molecule is O=C(O)c1ccccc1.[NH-]C(=O)c1cccc(-c2cccc3cnccc23)c1.[Na+]. The maximum Gasteiger partial charge on any atom is 1.00 e. The average molecular weight is 392 g/mol. The summed E-state index contributed by atoms with van der Waals surface area (Å²) in [7, 11) is 0. The Labute approximate surface area is 190 Å². The molecule has 0 aliphatic carbocycles. The molecule has 4 aromatic rings. The molecule has 0 saturated carbocycles. The second kappa shape index (κ2) is 10.5. The Morgan fingerprint density at radius 1 is 0.828 bits per heavy atom. The van der Waals surface area contributed by atoms with Crippen molar-refractivity contribution >= 4 is 22.6 Å². The summed E-state index contributed by atoms with van der Waals surface area (Å²) >= 11 is 0. The van der Waals surface area contributed by atoms with Gasteiger partial charge in [0.1, 0.15) is 0 Å². The first-order valence-electron chi connectivity index (χ1n) is 8.54. The summed E-state index contributed by atoms with van der Waals surface area (Å²) < 4.78 is 0. The Morgan fingerprint density at radius 3 is 2.17 bits per heavy atom. The third kappa shape index (κ3) is 5.74. The molecule has 1 amide bonds. The predicted octanol–water partition coefficient (Wildman–Crippen LogP) is 2.48. The minimum Gasteiger partial charge on any atom is -0.664 e. The Kier molecular flexibility index (Phi) is 8.09. The van der Waals surface area contributed by atoms with Crippen molar-refractivity contribution < 1.29 is 44.3 Å². The quantitative estimate of drug-likeness (QED) is 0.542. The molecule has 138 valence electrons. The van der Waals surface area contributed by atoms with Gasteiger partial charge in [0.25, 0.3) is 0 Å². The van der Waals surface area contributed by atoms with Gasteiger partial charge in [0, 0.05) is 17.8 Å². The molecule has 4 rings (SSSR count). The van der Waals surface area contributed by atoms with Crippen LogP contribution >= 0.6 is 0 Å².